The van der Waals surface area contributed by atoms with Crippen molar-refractivity contribution in [3.63, 3.8) is 0 Å². The van der Waals surface area contributed by atoms with Gasteiger partial charge in [0.2, 0.25) is 0 Å². The first-order valence-corrected chi connectivity index (χ1v) is 5.01. The number of hydrazine groups is 1. The Bertz CT molecular complexity index is 301. The predicted molar refractivity (Wildman–Crippen MR) is 55.3 cm³/mol. The van der Waals surface area contributed by atoms with E-state index in [1.165, 1.54) is 0 Å². The number of benzene rings is 1. The van der Waals surface area contributed by atoms with Crippen LogP contribution in [0.1, 0.15) is 24.8 Å². The van der Waals surface area contributed by atoms with Gasteiger partial charge in [-0.1, -0.05) is 30.3 Å². The molecule has 0 aliphatic heterocycles. The highest BCUT2D eigenvalue weighted by atomic mass is 16.3. The molecule has 0 unspecified atom stereocenters. The van der Waals surface area contributed by atoms with Crippen LogP contribution in [-0.2, 0) is 5.60 Å². The quantitative estimate of drug-likeness (QED) is 0.482. The Morgan fingerprint density at radius 1 is 1.36 bits per heavy atom. The lowest BCUT2D eigenvalue weighted by Crippen LogP contribution is -2.47. The molecule has 0 bridgehead atoms. The minimum absolute atomic E-state index is 0.0232. The van der Waals surface area contributed by atoms with Gasteiger partial charge in [-0.2, -0.15) is 0 Å². The molecule has 14 heavy (non-hydrogen) atoms. The van der Waals surface area contributed by atoms with Crippen molar-refractivity contribution in [3.05, 3.63) is 35.9 Å². The Hall–Kier alpha value is -0.900. The maximum absolute atomic E-state index is 10.5. The van der Waals surface area contributed by atoms with Gasteiger partial charge >= 0.3 is 0 Å². The molecule has 2 atom stereocenters. The predicted octanol–water partition coefficient (Wildman–Crippen LogP) is 0.890. The molecule has 0 heterocycles. The fraction of sp³-hybridized carbons (Fsp3) is 0.455. The second-order valence-corrected chi connectivity index (χ2v) is 3.90. The molecule has 1 saturated carbocycles. The lowest BCUT2D eigenvalue weighted by atomic mass is 9.89. The van der Waals surface area contributed by atoms with E-state index in [1.807, 2.05) is 30.3 Å². The van der Waals surface area contributed by atoms with Crippen molar-refractivity contribution in [3.8, 4) is 0 Å². The zero-order valence-electron chi connectivity index (χ0n) is 8.11. The maximum atomic E-state index is 10.5. The van der Waals surface area contributed by atoms with Crippen LogP contribution in [0, 0.1) is 0 Å². The second-order valence-electron chi connectivity index (χ2n) is 3.90. The van der Waals surface area contributed by atoms with Gasteiger partial charge in [0.25, 0.3) is 0 Å². The number of nitrogens with one attached hydrogen (secondary N) is 1. The van der Waals surface area contributed by atoms with Gasteiger partial charge < -0.3 is 5.11 Å². The maximum Gasteiger partial charge on any atom is 0.106 e. The molecular weight excluding hydrogens is 176 g/mol. The molecule has 0 saturated heterocycles. The molecule has 76 valence electrons. The summed E-state index contributed by atoms with van der Waals surface area (Å²) < 4.78 is 0. The SMILES string of the molecule is NN[C@H]1CCC[C@@]1(O)c1ccccc1. The summed E-state index contributed by atoms with van der Waals surface area (Å²) in [6, 6.07) is 9.72. The van der Waals surface area contributed by atoms with Gasteiger partial charge in [-0.3, -0.25) is 11.3 Å². The molecule has 3 nitrogen and oxygen atoms in total. The molecule has 1 aliphatic carbocycles. The van der Waals surface area contributed by atoms with Crippen LogP contribution >= 0.6 is 0 Å². The van der Waals surface area contributed by atoms with Gasteiger partial charge in [0.15, 0.2) is 0 Å². The van der Waals surface area contributed by atoms with Crippen molar-refractivity contribution in [2.45, 2.75) is 30.9 Å². The molecule has 0 radical (unpaired) electrons. The number of hydrogen-bond acceptors (Lipinski definition) is 3. The fourth-order valence-electron chi connectivity index (χ4n) is 2.28. The molecule has 4 N–H and O–H groups in total. The van der Waals surface area contributed by atoms with Crippen molar-refractivity contribution in [1.29, 1.82) is 0 Å². The molecule has 0 aromatic heterocycles. The first kappa shape index (κ1) is 9.65. The number of nitrogens with two attached hydrogens (primary N) is 1. The largest absolute Gasteiger partial charge is 0.383 e. The lowest BCUT2D eigenvalue weighted by Gasteiger charge is -2.30. The minimum Gasteiger partial charge on any atom is -0.383 e. The highest BCUT2D eigenvalue weighted by molar-refractivity contribution is 5.25. The standard InChI is InChI=1S/C11H16N2O/c12-13-10-7-4-8-11(10,14)9-5-2-1-3-6-9/h1-3,5-6,10,13-14H,4,7-8,12H2/t10-,11+/m0/s1. The van der Waals surface area contributed by atoms with Gasteiger partial charge in [-0.05, 0) is 24.8 Å². The summed E-state index contributed by atoms with van der Waals surface area (Å²) in [6.07, 6.45) is 2.73. The minimum atomic E-state index is -0.782. The summed E-state index contributed by atoms with van der Waals surface area (Å²) in [7, 11) is 0. The van der Waals surface area contributed by atoms with Gasteiger partial charge in [-0.25, -0.2) is 0 Å². The Kier molecular flexibility index (Phi) is 2.54. The fourth-order valence-corrected chi connectivity index (χ4v) is 2.28. The molecule has 1 fully saturated rings. The Morgan fingerprint density at radius 2 is 2.07 bits per heavy atom. The third-order valence-electron chi connectivity index (χ3n) is 3.10. The monoisotopic (exact) mass is 192 g/mol. The molecule has 1 aromatic carbocycles. The van der Waals surface area contributed by atoms with Crippen molar-refractivity contribution >= 4 is 0 Å². The van der Waals surface area contributed by atoms with Crippen LogP contribution in [0.15, 0.2) is 30.3 Å². The molecule has 3 heteroatoms. The number of rotatable bonds is 2. The topological polar surface area (TPSA) is 58.3 Å². The first-order valence-electron chi connectivity index (χ1n) is 5.01. The van der Waals surface area contributed by atoms with Gasteiger partial charge in [0, 0.05) is 0 Å². The Labute approximate surface area is 83.9 Å². The van der Waals surface area contributed by atoms with E-state index in [0.29, 0.717) is 0 Å². The van der Waals surface area contributed by atoms with Gasteiger partial charge in [-0.15, -0.1) is 0 Å². The van der Waals surface area contributed by atoms with E-state index < -0.39 is 5.60 Å². The van der Waals surface area contributed by atoms with Crippen molar-refractivity contribution < 1.29 is 5.11 Å². The van der Waals surface area contributed by atoms with Crippen LogP contribution in [0.25, 0.3) is 0 Å². The third kappa shape index (κ3) is 1.43. The van der Waals surface area contributed by atoms with E-state index in [4.69, 9.17) is 5.84 Å². The van der Waals surface area contributed by atoms with Crippen molar-refractivity contribution in [2.75, 3.05) is 0 Å². The van der Waals surface area contributed by atoms with Crippen LogP contribution in [0.3, 0.4) is 0 Å². The van der Waals surface area contributed by atoms with Crippen LogP contribution in [0.2, 0.25) is 0 Å². The summed E-state index contributed by atoms with van der Waals surface area (Å²) in [5.74, 6) is 5.44. The summed E-state index contributed by atoms with van der Waals surface area (Å²) in [4.78, 5) is 0. The van der Waals surface area contributed by atoms with Crippen LogP contribution < -0.4 is 11.3 Å². The summed E-state index contributed by atoms with van der Waals surface area (Å²) in [5.41, 5.74) is 2.88. The third-order valence-corrected chi connectivity index (χ3v) is 3.10. The molecule has 2 rings (SSSR count). The van der Waals surface area contributed by atoms with E-state index in [9.17, 15) is 5.11 Å². The van der Waals surface area contributed by atoms with Crippen LogP contribution in [-0.4, -0.2) is 11.1 Å². The number of hydrogen-bond donors (Lipinski definition) is 3. The molecule has 1 aliphatic rings. The molecular formula is C11H16N2O. The summed E-state index contributed by atoms with van der Waals surface area (Å²) >= 11 is 0. The van der Waals surface area contributed by atoms with E-state index in [-0.39, 0.29) is 6.04 Å². The van der Waals surface area contributed by atoms with E-state index >= 15 is 0 Å². The summed E-state index contributed by atoms with van der Waals surface area (Å²) in [6.45, 7) is 0. The highest BCUT2D eigenvalue weighted by Crippen LogP contribution is 2.38. The molecule has 0 amide bonds. The van der Waals surface area contributed by atoms with E-state index in [2.05, 4.69) is 5.43 Å². The smallest absolute Gasteiger partial charge is 0.106 e. The number of aliphatic hydroxyl groups is 1. The Morgan fingerprint density at radius 3 is 2.71 bits per heavy atom. The molecule has 1 aromatic rings. The van der Waals surface area contributed by atoms with E-state index in [1.54, 1.807) is 0 Å². The second kappa shape index (κ2) is 3.69. The highest BCUT2D eigenvalue weighted by Gasteiger charge is 2.41. The summed E-state index contributed by atoms with van der Waals surface area (Å²) in [5, 5.41) is 10.5. The molecule has 0 spiro atoms. The zero-order valence-corrected chi connectivity index (χ0v) is 8.11. The average molecular weight is 192 g/mol. The van der Waals surface area contributed by atoms with Gasteiger partial charge in [0.05, 0.1) is 6.04 Å². The average Bonchev–Trinajstić information content (AvgIpc) is 2.62. The van der Waals surface area contributed by atoms with Crippen molar-refractivity contribution in [2.24, 2.45) is 5.84 Å². The first-order chi connectivity index (χ1) is 6.77. The zero-order chi connectivity index (χ0) is 10.0. The van der Waals surface area contributed by atoms with Crippen LogP contribution in [0.4, 0.5) is 0 Å². The Balaban J connectivity index is 2.31. The lowest BCUT2D eigenvalue weighted by molar-refractivity contribution is 0.0162. The van der Waals surface area contributed by atoms with Crippen molar-refractivity contribution in [1.82, 2.24) is 5.43 Å². The van der Waals surface area contributed by atoms with Crippen LogP contribution in [0.5, 0.6) is 0 Å². The van der Waals surface area contributed by atoms with E-state index in [0.717, 1.165) is 24.8 Å². The normalized spacial score (nSPS) is 32.0. The van der Waals surface area contributed by atoms with Gasteiger partial charge in [0.1, 0.15) is 5.60 Å².